The van der Waals surface area contributed by atoms with Gasteiger partial charge in [-0.1, -0.05) is 36.4 Å². The molecule has 7 heteroatoms. The summed E-state index contributed by atoms with van der Waals surface area (Å²) in [5.41, 5.74) is 2.62. The van der Waals surface area contributed by atoms with E-state index in [-0.39, 0.29) is 18.0 Å². The average Bonchev–Trinajstić information content (AvgIpc) is 2.66. The number of hydrogen-bond acceptors (Lipinski definition) is 5. The highest BCUT2D eigenvalue weighted by Crippen LogP contribution is 2.28. The third-order valence-electron chi connectivity index (χ3n) is 4.01. The van der Waals surface area contributed by atoms with Crippen molar-refractivity contribution < 1.29 is 9.90 Å². The number of halogens is 1. The van der Waals surface area contributed by atoms with Crippen molar-refractivity contribution in [1.29, 1.82) is 0 Å². The molecule has 0 bridgehead atoms. The van der Waals surface area contributed by atoms with Crippen molar-refractivity contribution in [2.24, 2.45) is 0 Å². The van der Waals surface area contributed by atoms with Crippen LogP contribution in [0.5, 0.6) is 0 Å². The molecule has 2 aromatic carbocycles. The number of hydrogen-bond donors (Lipinski definition) is 2. The molecule has 26 heavy (non-hydrogen) atoms. The minimum atomic E-state index is -0.980. The molecule has 2 N–H and O–H groups in total. The lowest BCUT2D eigenvalue weighted by Crippen LogP contribution is -2.04. The van der Waals surface area contributed by atoms with Crippen molar-refractivity contribution in [3.8, 4) is 0 Å². The first kappa shape index (κ1) is 17.6. The largest absolute Gasteiger partial charge is 0.478 e. The number of carboxylic acid groups (broad SMARTS) is 1. The number of carboxylic acids is 1. The van der Waals surface area contributed by atoms with Gasteiger partial charge >= 0.3 is 5.97 Å². The lowest BCUT2D eigenvalue weighted by Gasteiger charge is -2.11. The first-order valence-corrected chi connectivity index (χ1v) is 7.77. The van der Waals surface area contributed by atoms with Crippen molar-refractivity contribution in [3.63, 3.8) is 0 Å². The number of fused-ring (bicyclic) bond motifs is 3. The van der Waals surface area contributed by atoms with Gasteiger partial charge in [-0.05, 0) is 17.7 Å². The van der Waals surface area contributed by atoms with E-state index in [0.717, 1.165) is 16.3 Å². The highest BCUT2D eigenvalue weighted by molar-refractivity contribution is 6.09. The molecule has 4 aromatic rings. The Kier molecular flexibility index (Phi) is 4.95. The lowest BCUT2D eigenvalue weighted by atomic mass is 10.1. The number of aromatic carboxylic acids is 1. The second-order valence-electron chi connectivity index (χ2n) is 5.62. The first-order chi connectivity index (χ1) is 12.2. The van der Waals surface area contributed by atoms with Crippen LogP contribution >= 0.6 is 12.4 Å². The molecule has 0 amide bonds. The molecule has 0 fully saturated rings. The van der Waals surface area contributed by atoms with Crippen LogP contribution in [0, 0.1) is 0 Å². The second-order valence-corrected chi connectivity index (χ2v) is 5.62. The Hall–Kier alpha value is -3.25. The summed E-state index contributed by atoms with van der Waals surface area (Å²) in [5.74, 6) is -0.372. The molecule has 0 saturated heterocycles. The van der Waals surface area contributed by atoms with E-state index < -0.39 is 5.97 Å². The van der Waals surface area contributed by atoms with Crippen LogP contribution in [0.25, 0.3) is 21.8 Å². The van der Waals surface area contributed by atoms with Gasteiger partial charge in [0.25, 0.3) is 0 Å². The van der Waals surface area contributed by atoms with Gasteiger partial charge in [0.1, 0.15) is 11.8 Å². The summed E-state index contributed by atoms with van der Waals surface area (Å²) in [7, 11) is 0. The standard InChI is InChI=1S/C19H14N4O2.ClH/c24-19(25)13-6-7-14-15-10-20-11-22-17(15)18(23-16(14)8-13)21-9-12-4-2-1-3-5-12;/h1-8,10-11H,9H2,(H,21,23)(H,24,25);1H. The molecule has 0 spiro atoms. The van der Waals surface area contributed by atoms with Crippen LogP contribution in [0.4, 0.5) is 5.82 Å². The smallest absolute Gasteiger partial charge is 0.335 e. The number of benzene rings is 2. The maximum atomic E-state index is 11.2. The third-order valence-corrected chi connectivity index (χ3v) is 4.01. The zero-order valence-electron chi connectivity index (χ0n) is 13.6. The van der Waals surface area contributed by atoms with E-state index in [1.807, 2.05) is 30.3 Å². The van der Waals surface area contributed by atoms with Crippen molar-refractivity contribution in [2.75, 3.05) is 5.32 Å². The fourth-order valence-electron chi connectivity index (χ4n) is 2.78. The third kappa shape index (κ3) is 3.27. The van der Waals surface area contributed by atoms with E-state index in [4.69, 9.17) is 0 Å². The predicted molar refractivity (Wildman–Crippen MR) is 103 cm³/mol. The van der Waals surface area contributed by atoms with Crippen LogP contribution < -0.4 is 5.32 Å². The molecule has 6 nitrogen and oxygen atoms in total. The predicted octanol–water partition coefficient (Wildman–Crippen LogP) is 3.91. The molecular formula is C19H15ClN4O2. The average molecular weight is 367 g/mol. The monoisotopic (exact) mass is 366 g/mol. The molecule has 0 radical (unpaired) electrons. The minimum absolute atomic E-state index is 0. The maximum absolute atomic E-state index is 11.2. The summed E-state index contributed by atoms with van der Waals surface area (Å²) in [6.07, 6.45) is 3.20. The van der Waals surface area contributed by atoms with E-state index in [9.17, 15) is 9.90 Å². The topological polar surface area (TPSA) is 88.0 Å². The summed E-state index contributed by atoms with van der Waals surface area (Å²) in [5, 5.41) is 14.2. The normalized spacial score (nSPS) is 10.5. The van der Waals surface area contributed by atoms with Crippen LogP contribution in [-0.4, -0.2) is 26.0 Å². The van der Waals surface area contributed by atoms with E-state index >= 15 is 0 Å². The molecule has 0 aliphatic carbocycles. The number of nitrogens with one attached hydrogen (secondary N) is 1. The van der Waals surface area contributed by atoms with Gasteiger partial charge < -0.3 is 10.4 Å². The second kappa shape index (κ2) is 7.33. The van der Waals surface area contributed by atoms with Crippen LogP contribution in [0.1, 0.15) is 15.9 Å². The zero-order chi connectivity index (χ0) is 17.2. The fourth-order valence-corrected chi connectivity index (χ4v) is 2.78. The van der Waals surface area contributed by atoms with Gasteiger partial charge in [-0.25, -0.2) is 19.7 Å². The number of pyridine rings is 1. The fraction of sp³-hybridized carbons (Fsp3) is 0.0526. The first-order valence-electron chi connectivity index (χ1n) is 7.77. The molecule has 0 atom stereocenters. The summed E-state index contributed by atoms with van der Waals surface area (Å²) in [6, 6.07) is 14.8. The lowest BCUT2D eigenvalue weighted by molar-refractivity contribution is 0.0697. The molecule has 2 aromatic heterocycles. The van der Waals surface area contributed by atoms with Crippen molar-refractivity contribution in [1.82, 2.24) is 15.0 Å². The van der Waals surface area contributed by atoms with Gasteiger partial charge in [-0.15, -0.1) is 12.4 Å². The Morgan fingerprint density at radius 2 is 1.88 bits per heavy atom. The van der Waals surface area contributed by atoms with E-state index in [1.54, 1.807) is 24.4 Å². The Morgan fingerprint density at radius 3 is 2.65 bits per heavy atom. The summed E-state index contributed by atoms with van der Waals surface area (Å²) in [4.78, 5) is 24.3. The van der Waals surface area contributed by atoms with Gasteiger partial charge in [-0.3, -0.25) is 0 Å². The summed E-state index contributed by atoms with van der Waals surface area (Å²) in [6.45, 7) is 0.594. The van der Waals surface area contributed by atoms with Crippen molar-refractivity contribution >= 4 is 46.0 Å². The van der Waals surface area contributed by atoms with Crippen LogP contribution in [0.2, 0.25) is 0 Å². The Labute approximate surface area is 155 Å². The zero-order valence-corrected chi connectivity index (χ0v) is 14.4. The molecule has 4 rings (SSSR count). The highest BCUT2D eigenvalue weighted by Gasteiger charge is 2.12. The highest BCUT2D eigenvalue weighted by atomic mass is 35.5. The number of carbonyl (C=O) groups is 1. The molecule has 130 valence electrons. The number of aromatic nitrogens is 3. The number of rotatable bonds is 4. The quantitative estimate of drug-likeness (QED) is 0.532. The van der Waals surface area contributed by atoms with Gasteiger partial charge in [-0.2, -0.15) is 0 Å². The van der Waals surface area contributed by atoms with E-state index in [1.165, 1.54) is 6.33 Å². The molecule has 0 saturated carbocycles. The molecule has 0 aliphatic rings. The van der Waals surface area contributed by atoms with Crippen LogP contribution in [0.3, 0.4) is 0 Å². The van der Waals surface area contributed by atoms with Crippen LogP contribution in [-0.2, 0) is 6.54 Å². The molecular weight excluding hydrogens is 352 g/mol. The van der Waals surface area contributed by atoms with E-state index in [2.05, 4.69) is 20.3 Å². The Morgan fingerprint density at radius 1 is 1.08 bits per heavy atom. The molecule has 0 unspecified atom stereocenters. The minimum Gasteiger partial charge on any atom is -0.478 e. The Balaban J connectivity index is 0.00000196. The summed E-state index contributed by atoms with van der Waals surface area (Å²) < 4.78 is 0. The SMILES string of the molecule is Cl.O=C(O)c1ccc2c(c1)nc(NCc1ccccc1)c1ncncc12. The summed E-state index contributed by atoms with van der Waals surface area (Å²) >= 11 is 0. The van der Waals surface area contributed by atoms with Crippen molar-refractivity contribution in [3.05, 3.63) is 72.2 Å². The van der Waals surface area contributed by atoms with Crippen LogP contribution in [0.15, 0.2) is 61.1 Å². The van der Waals surface area contributed by atoms with Crippen molar-refractivity contribution in [2.45, 2.75) is 6.54 Å². The van der Waals surface area contributed by atoms with Gasteiger partial charge in [0.05, 0.1) is 11.1 Å². The molecule has 0 aliphatic heterocycles. The Bertz CT molecular complexity index is 1090. The maximum Gasteiger partial charge on any atom is 0.335 e. The van der Waals surface area contributed by atoms with Gasteiger partial charge in [0.2, 0.25) is 0 Å². The molecule has 2 heterocycles. The number of anilines is 1. The van der Waals surface area contributed by atoms with E-state index in [0.29, 0.717) is 23.4 Å². The number of nitrogens with zero attached hydrogens (tertiary/aromatic N) is 3. The van der Waals surface area contributed by atoms with Gasteiger partial charge in [0.15, 0.2) is 5.82 Å². The van der Waals surface area contributed by atoms with Gasteiger partial charge in [0, 0.05) is 23.5 Å².